The monoisotopic (exact) mass is 572 g/mol. The number of benzene rings is 1. The second-order valence-corrected chi connectivity index (χ2v) is 12.5. The summed E-state index contributed by atoms with van der Waals surface area (Å²) in [7, 11) is 3.57. The molecule has 0 radical (unpaired) electrons. The maximum Gasteiger partial charge on any atom is 0.271 e. The van der Waals surface area contributed by atoms with Crippen LogP contribution in [0.5, 0.6) is 0 Å². The Labute approximate surface area is 249 Å². The summed E-state index contributed by atoms with van der Waals surface area (Å²) in [6.07, 6.45) is 10.9. The normalized spacial score (nSPS) is 22.9. The van der Waals surface area contributed by atoms with Crippen LogP contribution >= 0.6 is 0 Å². The summed E-state index contributed by atoms with van der Waals surface area (Å²) in [5.74, 6) is 0.601. The van der Waals surface area contributed by atoms with Gasteiger partial charge in [-0.2, -0.15) is 5.26 Å². The molecular weight excluding hydrogens is 528 g/mol. The lowest BCUT2D eigenvalue weighted by molar-refractivity contribution is -0.130. The highest BCUT2D eigenvalue weighted by Crippen LogP contribution is 2.38. The van der Waals surface area contributed by atoms with Crippen molar-refractivity contribution in [3.05, 3.63) is 41.7 Å². The molecule has 10 nitrogen and oxygen atoms in total. The van der Waals surface area contributed by atoms with Gasteiger partial charge in [0, 0.05) is 57.9 Å². The summed E-state index contributed by atoms with van der Waals surface area (Å²) in [5, 5.41) is 13.5. The van der Waals surface area contributed by atoms with Gasteiger partial charge in [-0.25, -0.2) is 9.97 Å². The summed E-state index contributed by atoms with van der Waals surface area (Å²) in [4.78, 5) is 40.2. The molecule has 3 heterocycles. The molecule has 42 heavy (non-hydrogen) atoms. The maximum atomic E-state index is 12.4. The average Bonchev–Trinajstić information content (AvgIpc) is 3.54. The van der Waals surface area contributed by atoms with Gasteiger partial charge in [-0.05, 0) is 69.1 Å². The van der Waals surface area contributed by atoms with E-state index in [4.69, 9.17) is 10.7 Å². The first-order valence-corrected chi connectivity index (χ1v) is 15.4. The molecule has 1 aromatic heterocycles. The van der Waals surface area contributed by atoms with Crippen LogP contribution in [0.25, 0.3) is 0 Å². The Kier molecular flexibility index (Phi) is 8.97. The van der Waals surface area contributed by atoms with Crippen LogP contribution in [-0.4, -0.2) is 77.4 Å². The maximum absolute atomic E-state index is 12.4. The number of nitrogens with one attached hydrogen (secondary N) is 1. The second kappa shape index (κ2) is 12.7. The third-order valence-corrected chi connectivity index (χ3v) is 9.78. The van der Waals surface area contributed by atoms with E-state index in [9.17, 15) is 14.9 Å². The second-order valence-electron chi connectivity index (χ2n) is 12.5. The minimum atomic E-state index is -0.660. The number of carbonyl (C=O) groups is 2. The van der Waals surface area contributed by atoms with Crippen molar-refractivity contribution in [2.45, 2.75) is 82.2 Å². The number of nitrogens with two attached hydrogens (primary N) is 1. The highest BCUT2D eigenvalue weighted by molar-refractivity contribution is 5.96. The average molecular weight is 573 g/mol. The predicted octanol–water partition coefficient (Wildman–Crippen LogP) is 4.20. The zero-order valence-corrected chi connectivity index (χ0v) is 25.2. The molecule has 1 aromatic carbocycles. The van der Waals surface area contributed by atoms with Gasteiger partial charge in [0.15, 0.2) is 11.5 Å². The number of nitriles is 1. The Morgan fingerprint density at radius 3 is 2.40 bits per heavy atom. The van der Waals surface area contributed by atoms with Gasteiger partial charge >= 0.3 is 0 Å². The van der Waals surface area contributed by atoms with Crippen LogP contribution in [0.4, 0.5) is 17.3 Å². The quantitative estimate of drug-likeness (QED) is 0.481. The van der Waals surface area contributed by atoms with Gasteiger partial charge in [-0.15, -0.1) is 0 Å². The van der Waals surface area contributed by atoms with Crippen molar-refractivity contribution < 1.29 is 9.59 Å². The summed E-state index contributed by atoms with van der Waals surface area (Å²) < 4.78 is 0. The molecule has 3 N–H and O–H groups in total. The number of likely N-dealkylation sites (tertiary alicyclic amines) is 1. The fourth-order valence-corrected chi connectivity index (χ4v) is 7.03. The van der Waals surface area contributed by atoms with E-state index >= 15 is 0 Å². The van der Waals surface area contributed by atoms with Gasteiger partial charge in [0.2, 0.25) is 5.91 Å². The van der Waals surface area contributed by atoms with Crippen molar-refractivity contribution >= 4 is 29.1 Å². The Balaban J connectivity index is 1.31. The molecule has 0 unspecified atom stereocenters. The van der Waals surface area contributed by atoms with Gasteiger partial charge in [-0.1, -0.05) is 25.0 Å². The van der Waals surface area contributed by atoms with Crippen LogP contribution in [0, 0.1) is 17.2 Å². The Morgan fingerprint density at radius 2 is 1.79 bits per heavy atom. The molecule has 1 aliphatic carbocycles. The van der Waals surface area contributed by atoms with E-state index in [-0.39, 0.29) is 23.6 Å². The van der Waals surface area contributed by atoms with E-state index in [1.807, 2.05) is 24.3 Å². The van der Waals surface area contributed by atoms with Crippen LogP contribution in [0.15, 0.2) is 30.5 Å². The number of hydrogen-bond donors (Lipinski definition) is 2. The number of anilines is 3. The smallest absolute Gasteiger partial charge is 0.271 e. The lowest BCUT2D eigenvalue weighted by atomic mass is 9.73. The molecule has 2 amide bonds. The standard InChI is InChI=1S/C32H44N8O2/c1-22-23(19-28(41)38(2)3)7-6-16-40(22)27-20-35-29(30(34)42)31(37-27)36-25-12-10-24(11-13-25)32(21-33)14-17-39(18-15-32)26-8-4-5-9-26/h10-13,20,22-23,26H,4-9,14-19H2,1-3H3,(H2,34,42)(H,36,37)/t22-,23+/m1/s1. The number of piperidine rings is 2. The van der Waals surface area contributed by atoms with E-state index in [0.29, 0.717) is 24.1 Å². The minimum Gasteiger partial charge on any atom is -0.364 e. The van der Waals surface area contributed by atoms with Crippen LogP contribution in [0.1, 0.15) is 80.8 Å². The molecule has 2 saturated heterocycles. The van der Waals surface area contributed by atoms with Gasteiger partial charge in [0.1, 0.15) is 5.82 Å². The van der Waals surface area contributed by atoms with E-state index < -0.39 is 11.3 Å². The molecule has 10 heteroatoms. The Hall–Kier alpha value is -3.71. The molecule has 3 aliphatic rings. The molecule has 224 valence electrons. The lowest BCUT2D eigenvalue weighted by Crippen LogP contribution is -2.45. The van der Waals surface area contributed by atoms with E-state index in [1.165, 1.54) is 25.7 Å². The van der Waals surface area contributed by atoms with Crippen molar-refractivity contribution in [2.75, 3.05) is 43.9 Å². The molecule has 2 aromatic rings. The topological polar surface area (TPSA) is 131 Å². The van der Waals surface area contributed by atoms with E-state index in [0.717, 1.165) is 56.6 Å². The van der Waals surface area contributed by atoms with Crippen molar-refractivity contribution in [2.24, 2.45) is 11.7 Å². The van der Waals surface area contributed by atoms with Crippen molar-refractivity contribution in [3.8, 4) is 6.07 Å². The molecule has 2 aliphatic heterocycles. The number of amides is 2. The Bertz CT molecular complexity index is 1310. The number of rotatable bonds is 8. The molecule has 1 saturated carbocycles. The zero-order chi connectivity index (χ0) is 29.9. The van der Waals surface area contributed by atoms with Crippen LogP contribution in [0.2, 0.25) is 0 Å². The van der Waals surface area contributed by atoms with Gasteiger partial charge in [0.05, 0.1) is 17.7 Å². The Morgan fingerprint density at radius 1 is 1.10 bits per heavy atom. The van der Waals surface area contributed by atoms with Crippen molar-refractivity contribution in [3.63, 3.8) is 0 Å². The van der Waals surface area contributed by atoms with Gasteiger partial charge in [0.25, 0.3) is 5.91 Å². The number of aromatic nitrogens is 2. The highest BCUT2D eigenvalue weighted by Gasteiger charge is 2.38. The first kappa shape index (κ1) is 29.8. The van der Waals surface area contributed by atoms with Crippen LogP contribution in [0.3, 0.4) is 0 Å². The summed E-state index contributed by atoms with van der Waals surface area (Å²) in [5.41, 5.74) is 7.02. The SMILES string of the molecule is C[C@@H]1[C@H](CC(=O)N(C)C)CCCN1c1cnc(C(N)=O)c(Nc2ccc(C3(C#N)CCN(C4CCCC4)CC3)cc2)n1. The first-order valence-electron chi connectivity index (χ1n) is 15.4. The van der Waals surface area contributed by atoms with Crippen LogP contribution in [-0.2, 0) is 10.2 Å². The fraction of sp³-hybridized carbons (Fsp3) is 0.594. The number of primary amides is 1. The van der Waals surface area contributed by atoms with Crippen molar-refractivity contribution in [1.29, 1.82) is 5.26 Å². The molecule has 2 atom stereocenters. The molecular formula is C32H44N8O2. The fourth-order valence-electron chi connectivity index (χ4n) is 7.03. The third kappa shape index (κ3) is 6.21. The summed E-state index contributed by atoms with van der Waals surface area (Å²) in [6.45, 7) is 4.83. The predicted molar refractivity (Wildman–Crippen MR) is 163 cm³/mol. The molecule has 0 bridgehead atoms. The highest BCUT2D eigenvalue weighted by atomic mass is 16.2. The van der Waals surface area contributed by atoms with Crippen LogP contribution < -0.4 is 16.0 Å². The summed E-state index contributed by atoms with van der Waals surface area (Å²) >= 11 is 0. The summed E-state index contributed by atoms with van der Waals surface area (Å²) in [6, 6.07) is 11.3. The number of hydrogen-bond acceptors (Lipinski definition) is 8. The minimum absolute atomic E-state index is 0.0691. The molecule has 0 spiro atoms. The third-order valence-electron chi connectivity index (χ3n) is 9.78. The lowest BCUT2D eigenvalue weighted by Gasteiger charge is -2.40. The number of carbonyl (C=O) groups excluding carboxylic acids is 2. The molecule has 5 rings (SSSR count). The molecule has 3 fully saturated rings. The number of nitrogens with zero attached hydrogens (tertiary/aromatic N) is 6. The van der Waals surface area contributed by atoms with Crippen molar-refractivity contribution in [1.82, 2.24) is 19.8 Å². The van der Waals surface area contributed by atoms with E-state index in [2.05, 4.69) is 33.1 Å². The largest absolute Gasteiger partial charge is 0.364 e. The zero-order valence-electron chi connectivity index (χ0n) is 25.2. The van der Waals surface area contributed by atoms with Gasteiger partial charge < -0.3 is 25.8 Å². The first-order chi connectivity index (χ1) is 20.2. The van der Waals surface area contributed by atoms with Gasteiger partial charge in [-0.3, -0.25) is 9.59 Å². The van der Waals surface area contributed by atoms with E-state index in [1.54, 1.807) is 25.2 Å².